The van der Waals surface area contributed by atoms with E-state index >= 15 is 0 Å². The molecule has 0 bridgehead atoms. The van der Waals surface area contributed by atoms with Gasteiger partial charge in [0.05, 0.1) is 5.02 Å². The Bertz CT molecular complexity index is 619. The third-order valence-corrected chi connectivity index (χ3v) is 3.62. The first-order valence-corrected chi connectivity index (χ1v) is 7.26. The lowest BCUT2D eigenvalue weighted by Gasteiger charge is -2.14. The molecule has 0 aliphatic heterocycles. The van der Waals surface area contributed by atoms with Crippen molar-refractivity contribution in [2.45, 2.75) is 19.6 Å². The van der Waals surface area contributed by atoms with Crippen LogP contribution in [0.4, 0.5) is 4.39 Å². The molecule has 1 atom stereocenters. The van der Waals surface area contributed by atoms with Gasteiger partial charge in [-0.2, -0.15) is 0 Å². The van der Waals surface area contributed by atoms with Crippen LogP contribution in [0.5, 0.6) is 5.75 Å². The summed E-state index contributed by atoms with van der Waals surface area (Å²) in [6.07, 6.45) is 0. The summed E-state index contributed by atoms with van der Waals surface area (Å²) in [5.74, 6) is 0.277. The van der Waals surface area contributed by atoms with Crippen molar-refractivity contribution in [1.82, 2.24) is 0 Å². The molecule has 0 saturated heterocycles. The Kier molecular flexibility index (Phi) is 5.02. The highest BCUT2D eigenvalue weighted by Crippen LogP contribution is 2.28. The van der Waals surface area contributed by atoms with Crippen molar-refractivity contribution < 1.29 is 9.13 Å². The van der Waals surface area contributed by atoms with Gasteiger partial charge in [0.2, 0.25) is 0 Å². The maximum atomic E-state index is 13.1. The van der Waals surface area contributed by atoms with Crippen molar-refractivity contribution in [3.8, 4) is 5.75 Å². The van der Waals surface area contributed by atoms with Gasteiger partial charge in [0.25, 0.3) is 0 Å². The van der Waals surface area contributed by atoms with Gasteiger partial charge >= 0.3 is 0 Å². The summed E-state index contributed by atoms with van der Waals surface area (Å²) in [6.45, 7) is 2.20. The topological polar surface area (TPSA) is 35.2 Å². The van der Waals surface area contributed by atoms with Crippen molar-refractivity contribution in [2.75, 3.05) is 0 Å². The van der Waals surface area contributed by atoms with Crippen LogP contribution in [0.25, 0.3) is 0 Å². The molecule has 0 aromatic heterocycles. The van der Waals surface area contributed by atoms with Crippen LogP contribution in [0.1, 0.15) is 24.1 Å². The van der Waals surface area contributed by atoms with E-state index in [0.717, 1.165) is 15.6 Å². The van der Waals surface area contributed by atoms with Gasteiger partial charge in [-0.05, 0) is 42.8 Å². The van der Waals surface area contributed by atoms with Gasteiger partial charge in [0, 0.05) is 16.1 Å². The molecule has 106 valence electrons. The van der Waals surface area contributed by atoms with Gasteiger partial charge in [-0.15, -0.1) is 0 Å². The molecule has 0 aliphatic carbocycles. The first-order valence-electron chi connectivity index (χ1n) is 6.09. The molecule has 0 radical (unpaired) electrons. The number of ether oxygens (including phenoxy) is 1. The SMILES string of the molecule is C[C@H](N)c1cc(Br)ccc1OCc1ccc(F)c(Cl)c1. The Hall–Kier alpha value is -1.10. The molecule has 0 unspecified atom stereocenters. The minimum absolute atomic E-state index is 0.0920. The van der Waals surface area contributed by atoms with Gasteiger partial charge in [-0.25, -0.2) is 4.39 Å². The van der Waals surface area contributed by atoms with Gasteiger partial charge < -0.3 is 10.5 Å². The van der Waals surface area contributed by atoms with Crippen molar-refractivity contribution in [3.63, 3.8) is 0 Å². The normalized spacial score (nSPS) is 12.2. The average Bonchev–Trinajstić information content (AvgIpc) is 2.41. The standard InChI is InChI=1S/C15H14BrClFNO/c1-9(19)12-7-11(16)3-5-15(12)20-8-10-2-4-14(18)13(17)6-10/h2-7,9H,8,19H2,1H3/t9-/m0/s1. The van der Waals surface area contributed by atoms with Crippen LogP contribution in [0.3, 0.4) is 0 Å². The lowest BCUT2D eigenvalue weighted by Crippen LogP contribution is -2.08. The van der Waals surface area contributed by atoms with Gasteiger partial charge in [-0.3, -0.25) is 0 Å². The van der Waals surface area contributed by atoms with E-state index < -0.39 is 5.82 Å². The monoisotopic (exact) mass is 357 g/mol. The minimum Gasteiger partial charge on any atom is -0.489 e. The molecule has 2 nitrogen and oxygen atoms in total. The summed E-state index contributed by atoms with van der Waals surface area (Å²) in [7, 11) is 0. The highest BCUT2D eigenvalue weighted by molar-refractivity contribution is 9.10. The summed E-state index contributed by atoms with van der Waals surface area (Å²) < 4.78 is 19.8. The fourth-order valence-corrected chi connectivity index (χ4v) is 2.38. The predicted molar refractivity (Wildman–Crippen MR) is 82.5 cm³/mol. The van der Waals surface area contributed by atoms with E-state index in [0.29, 0.717) is 12.4 Å². The summed E-state index contributed by atoms with van der Waals surface area (Å²) in [6, 6.07) is 10.1. The fourth-order valence-electron chi connectivity index (χ4n) is 1.80. The van der Waals surface area contributed by atoms with Crippen molar-refractivity contribution >= 4 is 27.5 Å². The van der Waals surface area contributed by atoms with E-state index in [2.05, 4.69) is 15.9 Å². The van der Waals surface area contributed by atoms with Gasteiger partial charge in [-0.1, -0.05) is 33.6 Å². The van der Waals surface area contributed by atoms with Crippen LogP contribution in [0, 0.1) is 5.82 Å². The molecule has 0 heterocycles. The smallest absolute Gasteiger partial charge is 0.141 e. The Labute approximate surface area is 130 Å². The van der Waals surface area contributed by atoms with E-state index in [-0.39, 0.29) is 11.1 Å². The molecule has 0 fully saturated rings. The highest BCUT2D eigenvalue weighted by atomic mass is 79.9. The zero-order valence-electron chi connectivity index (χ0n) is 10.9. The predicted octanol–water partition coefficient (Wildman–Crippen LogP) is 4.84. The first-order chi connectivity index (χ1) is 9.47. The summed E-state index contributed by atoms with van der Waals surface area (Å²) in [5, 5.41) is 0.0920. The zero-order chi connectivity index (χ0) is 14.7. The minimum atomic E-state index is -0.435. The van der Waals surface area contributed by atoms with Crippen LogP contribution >= 0.6 is 27.5 Å². The summed E-state index contributed by atoms with van der Waals surface area (Å²) in [4.78, 5) is 0. The van der Waals surface area contributed by atoms with Crippen molar-refractivity contribution in [1.29, 1.82) is 0 Å². The van der Waals surface area contributed by atoms with Gasteiger partial charge in [0.15, 0.2) is 0 Å². The molecular formula is C15H14BrClFNO. The van der Waals surface area contributed by atoms with Crippen LogP contribution in [-0.4, -0.2) is 0 Å². The van der Waals surface area contributed by atoms with E-state index in [4.69, 9.17) is 22.1 Å². The Morgan fingerprint density at radius 1 is 1.30 bits per heavy atom. The molecule has 0 amide bonds. The number of nitrogens with two attached hydrogens (primary N) is 1. The quantitative estimate of drug-likeness (QED) is 0.848. The third kappa shape index (κ3) is 3.72. The van der Waals surface area contributed by atoms with E-state index in [1.54, 1.807) is 12.1 Å². The Balaban J connectivity index is 2.16. The van der Waals surface area contributed by atoms with Crippen LogP contribution in [0.2, 0.25) is 5.02 Å². The zero-order valence-corrected chi connectivity index (χ0v) is 13.2. The average molecular weight is 359 g/mol. The molecule has 0 spiro atoms. The number of hydrogen-bond acceptors (Lipinski definition) is 2. The largest absolute Gasteiger partial charge is 0.489 e. The summed E-state index contributed by atoms with van der Waals surface area (Å²) >= 11 is 9.15. The van der Waals surface area contributed by atoms with E-state index in [1.807, 2.05) is 25.1 Å². The second-order valence-electron chi connectivity index (χ2n) is 4.51. The number of rotatable bonds is 4. The Morgan fingerprint density at radius 3 is 2.70 bits per heavy atom. The first kappa shape index (κ1) is 15.3. The molecule has 2 aromatic rings. The van der Waals surface area contributed by atoms with Crippen molar-refractivity contribution in [3.05, 3.63) is 62.8 Å². The molecule has 20 heavy (non-hydrogen) atoms. The van der Waals surface area contributed by atoms with Crippen LogP contribution in [0.15, 0.2) is 40.9 Å². The second kappa shape index (κ2) is 6.57. The molecule has 2 aromatic carbocycles. The fraction of sp³-hybridized carbons (Fsp3) is 0.200. The molecule has 0 saturated carbocycles. The lowest BCUT2D eigenvalue weighted by atomic mass is 10.1. The third-order valence-electron chi connectivity index (χ3n) is 2.84. The van der Waals surface area contributed by atoms with Crippen molar-refractivity contribution in [2.24, 2.45) is 5.73 Å². The lowest BCUT2D eigenvalue weighted by molar-refractivity contribution is 0.301. The number of hydrogen-bond donors (Lipinski definition) is 1. The number of benzene rings is 2. The van der Waals surface area contributed by atoms with Crippen LogP contribution < -0.4 is 10.5 Å². The molecule has 2 N–H and O–H groups in total. The number of halogens is 3. The molecular weight excluding hydrogens is 345 g/mol. The molecule has 0 aliphatic rings. The van der Waals surface area contributed by atoms with Gasteiger partial charge in [0.1, 0.15) is 18.2 Å². The molecule has 2 rings (SSSR count). The maximum Gasteiger partial charge on any atom is 0.141 e. The Morgan fingerprint density at radius 2 is 2.05 bits per heavy atom. The van der Waals surface area contributed by atoms with Crippen LogP contribution in [-0.2, 0) is 6.61 Å². The summed E-state index contributed by atoms with van der Waals surface area (Å²) in [5.41, 5.74) is 7.64. The van der Waals surface area contributed by atoms with E-state index in [9.17, 15) is 4.39 Å². The maximum absolute atomic E-state index is 13.1. The highest BCUT2D eigenvalue weighted by Gasteiger charge is 2.09. The van der Waals surface area contributed by atoms with E-state index in [1.165, 1.54) is 6.07 Å². The second-order valence-corrected chi connectivity index (χ2v) is 5.83. The molecule has 5 heteroatoms.